The number of carbonyl (C=O) groups is 1. The molecule has 0 atom stereocenters. The van der Waals surface area contributed by atoms with E-state index in [4.69, 9.17) is 0 Å². The molecule has 1 aromatic carbocycles. The fourth-order valence-electron chi connectivity index (χ4n) is 1.85. The summed E-state index contributed by atoms with van der Waals surface area (Å²) in [5, 5.41) is 0. The number of hydrogen-bond donors (Lipinski definition) is 0. The molecule has 0 saturated heterocycles. The van der Waals surface area contributed by atoms with E-state index in [-0.39, 0.29) is 0 Å². The van der Waals surface area contributed by atoms with Crippen molar-refractivity contribution in [1.82, 2.24) is 0 Å². The van der Waals surface area contributed by atoms with Crippen LogP contribution in [0.2, 0.25) is 0 Å². The molecule has 0 fully saturated rings. The molecular formula is C11H12O. The predicted octanol–water partition coefficient (Wildman–Crippen LogP) is 2.05. The summed E-state index contributed by atoms with van der Waals surface area (Å²) in [7, 11) is 0. The van der Waals surface area contributed by atoms with Crippen LogP contribution < -0.4 is 0 Å². The van der Waals surface area contributed by atoms with E-state index in [1.54, 1.807) is 0 Å². The van der Waals surface area contributed by atoms with E-state index in [0.717, 1.165) is 12.8 Å². The Morgan fingerprint density at radius 3 is 2.92 bits per heavy atom. The third kappa shape index (κ3) is 1.15. The number of carbonyl (C=O) groups excluding carboxylic acids is 1. The van der Waals surface area contributed by atoms with Gasteiger partial charge in [-0.05, 0) is 30.0 Å². The van der Waals surface area contributed by atoms with Crippen LogP contribution in [0, 0.1) is 6.92 Å². The van der Waals surface area contributed by atoms with Gasteiger partial charge < -0.3 is 0 Å². The summed E-state index contributed by atoms with van der Waals surface area (Å²) in [6.07, 6.45) is 2.33. The van der Waals surface area contributed by atoms with Crippen molar-refractivity contribution in [2.24, 2.45) is 0 Å². The van der Waals surface area contributed by atoms with E-state index in [9.17, 15) is 4.79 Å². The summed E-state index contributed by atoms with van der Waals surface area (Å²) < 4.78 is 0. The fourth-order valence-corrected chi connectivity index (χ4v) is 1.85. The lowest BCUT2D eigenvalue weighted by Crippen LogP contribution is -2.13. The van der Waals surface area contributed by atoms with E-state index < -0.39 is 0 Å². The maximum absolute atomic E-state index is 11.1. The van der Waals surface area contributed by atoms with Gasteiger partial charge in [-0.15, -0.1) is 0 Å². The van der Waals surface area contributed by atoms with E-state index in [1.807, 2.05) is 6.07 Å². The zero-order valence-electron chi connectivity index (χ0n) is 7.26. The van der Waals surface area contributed by atoms with Gasteiger partial charge in [0.2, 0.25) is 0 Å². The molecule has 1 heteroatoms. The van der Waals surface area contributed by atoms with Crippen molar-refractivity contribution < 1.29 is 4.79 Å². The van der Waals surface area contributed by atoms with E-state index >= 15 is 0 Å². The number of benzene rings is 1. The highest BCUT2D eigenvalue weighted by atomic mass is 16.1. The van der Waals surface area contributed by atoms with Crippen LogP contribution in [-0.4, -0.2) is 5.78 Å². The SMILES string of the molecule is Cc1cccc2c1CCC(=O)C2. The largest absolute Gasteiger partial charge is 0.299 e. The molecule has 1 aromatic rings. The molecule has 0 aliphatic heterocycles. The van der Waals surface area contributed by atoms with Crippen molar-refractivity contribution in [3.63, 3.8) is 0 Å². The first kappa shape index (κ1) is 7.53. The second-order valence-corrected chi connectivity index (χ2v) is 3.43. The zero-order valence-corrected chi connectivity index (χ0v) is 7.26. The van der Waals surface area contributed by atoms with Crippen molar-refractivity contribution in [1.29, 1.82) is 0 Å². The molecule has 0 aromatic heterocycles. The number of aryl methyl sites for hydroxylation is 1. The summed E-state index contributed by atoms with van der Waals surface area (Å²) in [5.74, 6) is 0.383. The van der Waals surface area contributed by atoms with Gasteiger partial charge in [-0.2, -0.15) is 0 Å². The fraction of sp³-hybridized carbons (Fsp3) is 0.364. The van der Waals surface area contributed by atoms with Crippen molar-refractivity contribution >= 4 is 5.78 Å². The van der Waals surface area contributed by atoms with E-state index in [0.29, 0.717) is 12.2 Å². The van der Waals surface area contributed by atoms with Crippen molar-refractivity contribution in [3.05, 3.63) is 34.9 Å². The van der Waals surface area contributed by atoms with Crippen LogP contribution in [0.3, 0.4) is 0 Å². The Bertz CT molecular complexity index is 326. The van der Waals surface area contributed by atoms with Gasteiger partial charge in [-0.1, -0.05) is 18.2 Å². The van der Waals surface area contributed by atoms with Gasteiger partial charge in [0.25, 0.3) is 0 Å². The Labute approximate surface area is 72.4 Å². The van der Waals surface area contributed by atoms with Crippen LogP contribution in [0.5, 0.6) is 0 Å². The quantitative estimate of drug-likeness (QED) is 0.567. The van der Waals surface area contributed by atoms with Crippen LogP contribution >= 0.6 is 0 Å². The Balaban J connectivity index is 2.48. The van der Waals surface area contributed by atoms with Crippen LogP contribution in [0.25, 0.3) is 0 Å². The summed E-state index contributed by atoms with van der Waals surface area (Å²) in [5.41, 5.74) is 3.98. The molecule has 0 unspecified atom stereocenters. The third-order valence-electron chi connectivity index (χ3n) is 2.55. The van der Waals surface area contributed by atoms with Gasteiger partial charge in [0, 0.05) is 12.8 Å². The molecule has 1 aliphatic carbocycles. The number of Topliss-reactive ketones (excluding diaryl/α,β-unsaturated/α-hetero) is 1. The Kier molecular flexibility index (Phi) is 1.72. The van der Waals surface area contributed by atoms with Crippen LogP contribution in [-0.2, 0) is 17.6 Å². The lowest BCUT2D eigenvalue weighted by molar-refractivity contribution is -0.118. The molecule has 12 heavy (non-hydrogen) atoms. The van der Waals surface area contributed by atoms with Gasteiger partial charge in [0.15, 0.2) is 0 Å². The second kappa shape index (κ2) is 2.74. The molecule has 0 bridgehead atoms. The minimum absolute atomic E-state index is 0.383. The average molecular weight is 160 g/mol. The molecule has 0 N–H and O–H groups in total. The van der Waals surface area contributed by atoms with Gasteiger partial charge >= 0.3 is 0 Å². The first-order valence-electron chi connectivity index (χ1n) is 4.36. The maximum atomic E-state index is 11.1. The summed E-state index contributed by atoms with van der Waals surface area (Å²) >= 11 is 0. The molecule has 0 radical (unpaired) electrons. The number of ketones is 1. The molecule has 0 saturated carbocycles. The Morgan fingerprint density at radius 1 is 1.25 bits per heavy atom. The topological polar surface area (TPSA) is 17.1 Å². The lowest BCUT2D eigenvalue weighted by atomic mass is 9.88. The average Bonchev–Trinajstić information content (AvgIpc) is 2.04. The molecule has 1 nitrogen and oxygen atoms in total. The van der Waals surface area contributed by atoms with Crippen molar-refractivity contribution in [2.45, 2.75) is 26.2 Å². The summed E-state index contributed by atoms with van der Waals surface area (Å²) in [6.45, 7) is 2.12. The molecule has 0 amide bonds. The number of fused-ring (bicyclic) bond motifs is 1. The molecule has 0 spiro atoms. The molecule has 2 rings (SSSR count). The van der Waals surface area contributed by atoms with Gasteiger partial charge in [0.05, 0.1) is 0 Å². The van der Waals surface area contributed by atoms with Crippen LogP contribution in [0.1, 0.15) is 23.1 Å². The first-order valence-corrected chi connectivity index (χ1v) is 4.36. The van der Waals surface area contributed by atoms with Gasteiger partial charge in [-0.25, -0.2) is 0 Å². The Morgan fingerprint density at radius 2 is 2.08 bits per heavy atom. The monoisotopic (exact) mass is 160 g/mol. The predicted molar refractivity (Wildman–Crippen MR) is 48.2 cm³/mol. The third-order valence-corrected chi connectivity index (χ3v) is 2.55. The van der Waals surface area contributed by atoms with Crippen molar-refractivity contribution in [3.8, 4) is 0 Å². The molecule has 1 aliphatic rings. The minimum Gasteiger partial charge on any atom is -0.299 e. The van der Waals surface area contributed by atoms with E-state index in [1.165, 1.54) is 16.7 Å². The molecule has 0 heterocycles. The molecule has 62 valence electrons. The zero-order chi connectivity index (χ0) is 8.55. The van der Waals surface area contributed by atoms with Crippen LogP contribution in [0.15, 0.2) is 18.2 Å². The highest BCUT2D eigenvalue weighted by Gasteiger charge is 2.15. The van der Waals surface area contributed by atoms with E-state index in [2.05, 4.69) is 19.1 Å². The highest BCUT2D eigenvalue weighted by molar-refractivity contribution is 5.83. The summed E-state index contributed by atoms with van der Waals surface area (Å²) in [6, 6.07) is 6.22. The van der Waals surface area contributed by atoms with Gasteiger partial charge in [0.1, 0.15) is 5.78 Å². The summed E-state index contributed by atoms with van der Waals surface area (Å²) in [4.78, 5) is 11.1. The normalized spacial score (nSPS) is 15.9. The standard InChI is InChI=1S/C11H12O/c1-8-3-2-4-9-7-10(12)5-6-11(8)9/h2-4H,5-7H2,1H3. The highest BCUT2D eigenvalue weighted by Crippen LogP contribution is 2.21. The lowest BCUT2D eigenvalue weighted by Gasteiger charge is -2.16. The number of rotatable bonds is 0. The van der Waals surface area contributed by atoms with Crippen LogP contribution in [0.4, 0.5) is 0 Å². The number of hydrogen-bond acceptors (Lipinski definition) is 1. The Hall–Kier alpha value is -1.11. The minimum atomic E-state index is 0.383. The maximum Gasteiger partial charge on any atom is 0.137 e. The second-order valence-electron chi connectivity index (χ2n) is 3.43. The van der Waals surface area contributed by atoms with Crippen molar-refractivity contribution in [2.75, 3.05) is 0 Å². The molecular weight excluding hydrogens is 148 g/mol. The smallest absolute Gasteiger partial charge is 0.137 e. The van der Waals surface area contributed by atoms with Gasteiger partial charge in [-0.3, -0.25) is 4.79 Å². The first-order chi connectivity index (χ1) is 5.77.